The van der Waals surface area contributed by atoms with Gasteiger partial charge < -0.3 is 9.84 Å². The Hall–Kier alpha value is -1.51. The Morgan fingerprint density at radius 1 is 1.25 bits per heavy atom. The molecule has 0 bridgehead atoms. The first kappa shape index (κ1) is 12.6. The molecule has 0 amide bonds. The molecule has 16 heavy (non-hydrogen) atoms. The average molecular weight is 222 g/mol. The molecule has 0 aliphatic carbocycles. The molecular weight excluding hydrogens is 204 g/mol. The van der Waals surface area contributed by atoms with Crippen LogP contribution < -0.4 is 4.74 Å². The molecule has 0 fully saturated rings. The maximum atomic E-state index is 10.5. The quantitative estimate of drug-likeness (QED) is 0.832. The summed E-state index contributed by atoms with van der Waals surface area (Å²) >= 11 is 0. The van der Waals surface area contributed by atoms with Crippen LogP contribution in [0.2, 0.25) is 0 Å². The Balaban J connectivity index is 2.58. The van der Waals surface area contributed by atoms with Crippen LogP contribution in [0.15, 0.2) is 24.3 Å². The predicted molar refractivity (Wildman–Crippen MR) is 62.9 cm³/mol. The second-order valence-corrected chi connectivity index (χ2v) is 4.25. The number of carboxylic acid groups (broad SMARTS) is 1. The highest BCUT2D eigenvalue weighted by Crippen LogP contribution is 2.19. The summed E-state index contributed by atoms with van der Waals surface area (Å²) in [6, 6.07) is 7.78. The summed E-state index contributed by atoms with van der Waals surface area (Å²) in [5.41, 5.74) is 1.25. The van der Waals surface area contributed by atoms with Crippen LogP contribution in [0, 0.1) is 0 Å². The summed E-state index contributed by atoms with van der Waals surface area (Å²) in [4.78, 5) is 10.5. The minimum atomic E-state index is -0.841. The lowest BCUT2D eigenvalue weighted by atomic mass is 10.0. The van der Waals surface area contributed by atoms with Crippen molar-refractivity contribution in [2.45, 2.75) is 39.2 Å². The van der Waals surface area contributed by atoms with Crippen LogP contribution in [0.3, 0.4) is 0 Å². The second-order valence-electron chi connectivity index (χ2n) is 4.25. The van der Waals surface area contributed by atoms with Gasteiger partial charge in [-0.15, -0.1) is 0 Å². The monoisotopic (exact) mass is 222 g/mol. The van der Waals surface area contributed by atoms with Crippen LogP contribution in [0.1, 0.15) is 38.7 Å². The minimum Gasteiger partial charge on any atom is -0.490 e. The second kappa shape index (κ2) is 5.54. The molecule has 88 valence electrons. The Bertz CT molecular complexity index is 341. The van der Waals surface area contributed by atoms with E-state index in [9.17, 15) is 4.79 Å². The molecule has 1 rings (SSSR count). The molecule has 0 saturated carbocycles. The third-order valence-corrected chi connectivity index (χ3v) is 2.35. The van der Waals surface area contributed by atoms with E-state index >= 15 is 0 Å². The van der Waals surface area contributed by atoms with E-state index in [0.717, 1.165) is 5.75 Å². The van der Waals surface area contributed by atoms with Crippen molar-refractivity contribution in [2.75, 3.05) is 0 Å². The van der Waals surface area contributed by atoms with E-state index < -0.39 is 5.97 Å². The Morgan fingerprint density at radius 3 is 2.25 bits per heavy atom. The third-order valence-electron chi connectivity index (χ3n) is 2.35. The Kier molecular flexibility index (Phi) is 4.35. The smallest absolute Gasteiger partial charge is 0.307 e. The molecule has 0 saturated heterocycles. The third kappa shape index (κ3) is 3.93. The number of carboxylic acids is 1. The lowest BCUT2D eigenvalue weighted by Gasteiger charge is -2.13. The number of hydrogen-bond acceptors (Lipinski definition) is 2. The first-order valence-electron chi connectivity index (χ1n) is 5.47. The summed E-state index contributed by atoms with van der Waals surface area (Å²) in [5, 5.41) is 8.60. The SMILES string of the molecule is CC(C)c1ccc(O[C@H](C)CC(=O)O)cc1. The van der Waals surface area contributed by atoms with Crippen LogP contribution >= 0.6 is 0 Å². The Morgan fingerprint density at radius 2 is 1.81 bits per heavy atom. The summed E-state index contributed by atoms with van der Waals surface area (Å²) < 4.78 is 5.48. The van der Waals surface area contributed by atoms with Gasteiger partial charge in [-0.1, -0.05) is 26.0 Å². The van der Waals surface area contributed by atoms with Gasteiger partial charge in [0.2, 0.25) is 0 Å². The predicted octanol–water partition coefficient (Wildman–Crippen LogP) is 3.05. The first-order valence-corrected chi connectivity index (χ1v) is 5.47. The highest BCUT2D eigenvalue weighted by molar-refractivity contribution is 5.67. The molecule has 1 atom stereocenters. The molecule has 1 N–H and O–H groups in total. The van der Waals surface area contributed by atoms with Crippen molar-refractivity contribution in [1.82, 2.24) is 0 Å². The number of rotatable bonds is 5. The zero-order valence-corrected chi connectivity index (χ0v) is 9.93. The summed E-state index contributed by atoms with van der Waals surface area (Å²) in [5.74, 6) is 0.370. The first-order chi connectivity index (χ1) is 7.49. The van der Waals surface area contributed by atoms with Gasteiger partial charge in [0.25, 0.3) is 0 Å². The molecule has 0 heterocycles. The van der Waals surface area contributed by atoms with Gasteiger partial charge in [0.1, 0.15) is 11.9 Å². The van der Waals surface area contributed by atoms with E-state index in [1.54, 1.807) is 6.92 Å². The zero-order chi connectivity index (χ0) is 12.1. The van der Waals surface area contributed by atoms with Crippen molar-refractivity contribution < 1.29 is 14.6 Å². The van der Waals surface area contributed by atoms with E-state index in [2.05, 4.69) is 13.8 Å². The summed E-state index contributed by atoms with van der Waals surface area (Å²) in [6.07, 6.45) is -0.284. The number of aliphatic carboxylic acids is 1. The lowest BCUT2D eigenvalue weighted by Crippen LogP contribution is -2.16. The number of benzene rings is 1. The highest BCUT2D eigenvalue weighted by Gasteiger charge is 2.09. The zero-order valence-electron chi connectivity index (χ0n) is 9.93. The fourth-order valence-electron chi connectivity index (χ4n) is 1.45. The van der Waals surface area contributed by atoms with Crippen molar-refractivity contribution in [2.24, 2.45) is 0 Å². The molecule has 0 unspecified atom stereocenters. The molecule has 0 aliphatic heterocycles. The molecule has 1 aromatic carbocycles. The van der Waals surface area contributed by atoms with Crippen molar-refractivity contribution in [3.8, 4) is 5.75 Å². The van der Waals surface area contributed by atoms with Gasteiger partial charge in [0.05, 0.1) is 6.42 Å². The van der Waals surface area contributed by atoms with Crippen LogP contribution in [-0.2, 0) is 4.79 Å². The number of hydrogen-bond donors (Lipinski definition) is 1. The van der Waals surface area contributed by atoms with Gasteiger partial charge >= 0.3 is 5.97 Å². The molecule has 3 heteroatoms. The normalized spacial score (nSPS) is 12.5. The molecule has 1 aromatic rings. The van der Waals surface area contributed by atoms with Gasteiger partial charge in [-0.05, 0) is 30.5 Å². The number of carbonyl (C=O) groups is 1. The van der Waals surface area contributed by atoms with Gasteiger partial charge in [-0.25, -0.2) is 0 Å². The standard InChI is InChI=1S/C13H18O3/c1-9(2)11-4-6-12(7-5-11)16-10(3)8-13(14)15/h4-7,9-10H,8H2,1-3H3,(H,14,15)/t10-/m1/s1. The van der Waals surface area contributed by atoms with Gasteiger partial charge in [0, 0.05) is 0 Å². The van der Waals surface area contributed by atoms with E-state index in [4.69, 9.17) is 9.84 Å². The van der Waals surface area contributed by atoms with E-state index in [0.29, 0.717) is 5.92 Å². The van der Waals surface area contributed by atoms with Gasteiger partial charge in [0.15, 0.2) is 0 Å². The topological polar surface area (TPSA) is 46.5 Å². The van der Waals surface area contributed by atoms with E-state index in [-0.39, 0.29) is 12.5 Å². The minimum absolute atomic E-state index is 0.0198. The largest absolute Gasteiger partial charge is 0.490 e. The molecular formula is C13H18O3. The van der Waals surface area contributed by atoms with Gasteiger partial charge in [-0.2, -0.15) is 0 Å². The fraction of sp³-hybridized carbons (Fsp3) is 0.462. The van der Waals surface area contributed by atoms with Crippen molar-refractivity contribution in [1.29, 1.82) is 0 Å². The molecule has 0 aliphatic rings. The van der Waals surface area contributed by atoms with Crippen LogP contribution in [0.25, 0.3) is 0 Å². The molecule has 3 nitrogen and oxygen atoms in total. The van der Waals surface area contributed by atoms with Crippen LogP contribution in [0.5, 0.6) is 5.75 Å². The highest BCUT2D eigenvalue weighted by atomic mass is 16.5. The Labute approximate surface area is 96.1 Å². The number of ether oxygens (including phenoxy) is 1. The lowest BCUT2D eigenvalue weighted by molar-refractivity contribution is -0.138. The summed E-state index contributed by atoms with van der Waals surface area (Å²) in [6.45, 7) is 6.01. The van der Waals surface area contributed by atoms with Gasteiger partial charge in [-0.3, -0.25) is 4.79 Å². The van der Waals surface area contributed by atoms with Crippen molar-refractivity contribution >= 4 is 5.97 Å². The molecule has 0 radical (unpaired) electrons. The van der Waals surface area contributed by atoms with E-state index in [1.807, 2.05) is 24.3 Å². The van der Waals surface area contributed by atoms with Crippen LogP contribution in [-0.4, -0.2) is 17.2 Å². The van der Waals surface area contributed by atoms with Crippen molar-refractivity contribution in [3.05, 3.63) is 29.8 Å². The maximum Gasteiger partial charge on any atom is 0.307 e. The summed E-state index contributed by atoms with van der Waals surface area (Å²) in [7, 11) is 0. The fourth-order valence-corrected chi connectivity index (χ4v) is 1.45. The van der Waals surface area contributed by atoms with E-state index in [1.165, 1.54) is 5.56 Å². The maximum absolute atomic E-state index is 10.5. The average Bonchev–Trinajstić information content (AvgIpc) is 2.16. The van der Waals surface area contributed by atoms with Crippen molar-refractivity contribution in [3.63, 3.8) is 0 Å². The molecule has 0 spiro atoms. The molecule has 0 aromatic heterocycles. The van der Waals surface area contributed by atoms with Crippen LogP contribution in [0.4, 0.5) is 0 Å².